The van der Waals surface area contributed by atoms with Crippen molar-refractivity contribution in [3.63, 3.8) is 0 Å². The van der Waals surface area contributed by atoms with E-state index in [0.717, 1.165) is 28.2 Å². The predicted octanol–water partition coefficient (Wildman–Crippen LogP) is 2.06. The maximum absolute atomic E-state index is 12.3. The molecule has 23 heavy (non-hydrogen) atoms. The standard InChI is InChI=1S/C17H18N4O2/c1-10-12-7-13-14(8-15(12)21(5-6-22)17(10)23)20-16(19-13)11-3-2-4-18-9-11/h2-4,7-10,16,19-20,22H,5-6H2,1H3. The molecule has 2 unspecified atom stereocenters. The molecular formula is C17H18N4O2. The first-order chi connectivity index (χ1) is 11.2. The Morgan fingerprint density at radius 1 is 1.30 bits per heavy atom. The van der Waals surface area contributed by atoms with E-state index in [0.29, 0.717) is 6.54 Å². The Bertz CT molecular complexity index is 763. The van der Waals surface area contributed by atoms with E-state index < -0.39 is 0 Å². The summed E-state index contributed by atoms with van der Waals surface area (Å²) in [7, 11) is 0. The minimum absolute atomic E-state index is 0.0291. The molecule has 6 heteroatoms. The van der Waals surface area contributed by atoms with Crippen LogP contribution in [0.3, 0.4) is 0 Å². The van der Waals surface area contributed by atoms with Crippen LogP contribution in [-0.4, -0.2) is 29.1 Å². The molecule has 0 radical (unpaired) electrons. The second-order valence-corrected chi connectivity index (χ2v) is 5.90. The Balaban J connectivity index is 1.69. The van der Waals surface area contributed by atoms with Gasteiger partial charge in [-0.05, 0) is 30.7 Å². The number of aromatic nitrogens is 1. The van der Waals surface area contributed by atoms with E-state index in [1.54, 1.807) is 11.1 Å². The molecule has 4 rings (SSSR count). The van der Waals surface area contributed by atoms with Crippen molar-refractivity contribution >= 4 is 23.0 Å². The average Bonchev–Trinajstić information content (AvgIpc) is 3.09. The molecule has 2 atom stereocenters. The fraction of sp³-hybridized carbons (Fsp3) is 0.294. The van der Waals surface area contributed by atoms with Crippen LogP contribution in [0.5, 0.6) is 0 Å². The molecule has 1 amide bonds. The van der Waals surface area contributed by atoms with Crippen molar-refractivity contribution in [3.05, 3.63) is 47.8 Å². The van der Waals surface area contributed by atoms with Gasteiger partial charge in [-0.2, -0.15) is 0 Å². The number of pyridine rings is 1. The van der Waals surface area contributed by atoms with Crippen molar-refractivity contribution in [2.75, 3.05) is 28.7 Å². The van der Waals surface area contributed by atoms with Gasteiger partial charge in [0.15, 0.2) is 0 Å². The molecule has 118 valence electrons. The van der Waals surface area contributed by atoms with Gasteiger partial charge in [-0.3, -0.25) is 9.78 Å². The average molecular weight is 310 g/mol. The maximum Gasteiger partial charge on any atom is 0.234 e. The number of fused-ring (bicyclic) bond motifs is 2. The second-order valence-electron chi connectivity index (χ2n) is 5.90. The van der Waals surface area contributed by atoms with Crippen molar-refractivity contribution in [1.82, 2.24) is 4.98 Å². The van der Waals surface area contributed by atoms with Crippen LogP contribution in [0.25, 0.3) is 0 Å². The lowest BCUT2D eigenvalue weighted by Crippen LogP contribution is -2.30. The van der Waals surface area contributed by atoms with E-state index in [-0.39, 0.29) is 24.6 Å². The number of rotatable bonds is 3. The summed E-state index contributed by atoms with van der Waals surface area (Å²) in [4.78, 5) is 18.2. The summed E-state index contributed by atoms with van der Waals surface area (Å²) in [6, 6.07) is 7.95. The number of amides is 1. The minimum Gasteiger partial charge on any atom is -0.395 e. The van der Waals surface area contributed by atoms with Gasteiger partial charge in [0.25, 0.3) is 0 Å². The van der Waals surface area contributed by atoms with Crippen LogP contribution in [0.15, 0.2) is 36.7 Å². The van der Waals surface area contributed by atoms with Crippen molar-refractivity contribution in [3.8, 4) is 0 Å². The van der Waals surface area contributed by atoms with E-state index in [2.05, 4.69) is 15.6 Å². The molecule has 2 aliphatic heterocycles. The number of benzene rings is 1. The zero-order valence-corrected chi connectivity index (χ0v) is 12.8. The third-order valence-corrected chi connectivity index (χ3v) is 4.50. The van der Waals surface area contributed by atoms with Gasteiger partial charge in [0.05, 0.1) is 23.9 Å². The summed E-state index contributed by atoms with van der Waals surface area (Å²) >= 11 is 0. The molecule has 0 saturated heterocycles. The number of carbonyl (C=O) groups is 1. The highest BCUT2D eigenvalue weighted by Gasteiger charge is 2.36. The molecular weight excluding hydrogens is 292 g/mol. The Hall–Kier alpha value is -2.60. The SMILES string of the molecule is CC1C(=O)N(CCO)c2cc3c(cc21)NC(c1cccnc1)N3. The fourth-order valence-corrected chi connectivity index (χ4v) is 3.30. The van der Waals surface area contributed by atoms with Gasteiger partial charge in [-0.1, -0.05) is 6.07 Å². The first-order valence-corrected chi connectivity index (χ1v) is 7.72. The summed E-state index contributed by atoms with van der Waals surface area (Å²) in [6.45, 7) is 2.19. The van der Waals surface area contributed by atoms with Crippen LogP contribution in [0.4, 0.5) is 17.1 Å². The molecule has 0 bridgehead atoms. The fourth-order valence-electron chi connectivity index (χ4n) is 3.30. The number of nitrogens with zero attached hydrogens (tertiary/aromatic N) is 2. The summed E-state index contributed by atoms with van der Waals surface area (Å²) in [5.41, 5.74) is 4.89. The highest BCUT2D eigenvalue weighted by Crippen LogP contribution is 2.45. The molecule has 0 fully saturated rings. The summed E-state index contributed by atoms with van der Waals surface area (Å²) in [6.07, 6.45) is 3.55. The van der Waals surface area contributed by atoms with Crippen LogP contribution in [0, 0.1) is 0 Å². The molecule has 0 aliphatic carbocycles. The van der Waals surface area contributed by atoms with E-state index in [4.69, 9.17) is 0 Å². The maximum atomic E-state index is 12.3. The van der Waals surface area contributed by atoms with Crippen molar-refractivity contribution in [1.29, 1.82) is 0 Å². The van der Waals surface area contributed by atoms with Crippen molar-refractivity contribution < 1.29 is 9.90 Å². The zero-order valence-electron chi connectivity index (χ0n) is 12.8. The summed E-state index contributed by atoms with van der Waals surface area (Å²) in [5, 5.41) is 16.1. The van der Waals surface area contributed by atoms with Gasteiger partial charge in [-0.25, -0.2) is 0 Å². The summed E-state index contributed by atoms with van der Waals surface area (Å²) in [5.74, 6) is -0.136. The number of anilines is 3. The lowest BCUT2D eigenvalue weighted by atomic mass is 10.0. The van der Waals surface area contributed by atoms with Crippen LogP contribution < -0.4 is 15.5 Å². The Morgan fingerprint density at radius 3 is 2.78 bits per heavy atom. The van der Waals surface area contributed by atoms with E-state index in [9.17, 15) is 9.90 Å². The van der Waals surface area contributed by atoms with Crippen molar-refractivity contribution in [2.24, 2.45) is 0 Å². The highest BCUT2D eigenvalue weighted by molar-refractivity contribution is 6.06. The lowest BCUT2D eigenvalue weighted by molar-refractivity contribution is -0.119. The van der Waals surface area contributed by atoms with Gasteiger partial charge in [0, 0.05) is 30.2 Å². The molecule has 1 aromatic carbocycles. The molecule has 3 N–H and O–H groups in total. The van der Waals surface area contributed by atoms with Gasteiger partial charge in [0.1, 0.15) is 6.17 Å². The monoisotopic (exact) mass is 310 g/mol. The van der Waals surface area contributed by atoms with E-state index >= 15 is 0 Å². The predicted molar refractivity (Wildman–Crippen MR) is 88.5 cm³/mol. The Kier molecular flexibility index (Phi) is 3.20. The quantitative estimate of drug-likeness (QED) is 0.809. The third kappa shape index (κ3) is 2.14. The van der Waals surface area contributed by atoms with Gasteiger partial charge >= 0.3 is 0 Å². The normalized spacial score (nSPS) is 21.7. The van der Waals surface area contributed by atoms with Crippen LogP contribution in [0.2, 0.25) is 0 Å². The number of hydrogen-bond acceptors (Lipinski definition) is 5. The zero-order chi connectivity index (χ0) is 16.0. The highest BCUT2D eigenvalue weighted by atomic mass is 16.3. The minimum atomic E-state index is -0.180. The van der Waals surface area contributed by atoms with Crippen LogP contribution in [0.1, 0.15) is 30.1 Å². The number of carbonyl (C=O) groups excluding carboxylic acids is 1. The first kappa shape index (κ1) is 14.0. The number of nitrogens with one attached hydrogen (secondary N) is 2. The molecule has 6 nitrogen and oxygen atoms in total. The molecule has 2 aliphatic rings. The molecule has 0 saturated carbocycles. The van der Waals surface area contributed by atoms with Gasteiger partial charge < -0.3 is 20.6 Å². The molecule has 1 aromatic heterocycles. The van der Waals surface area contributed by atoms with Gasteiger partial charge in [-0.15, -0.1) is 0 Å². The second kappa shape index (κ2) is 5.24. The van der Waals surface area contributed by atoms with Crippen molar-refractivity contribution in [2.45, 2.75) is 19.0 Å². The van der Waals surface area contributed by atoms with Crippen LogP contribution >= 0.6 is 0 Å². The van der Waals surface area contributed by atoms with Gasteiger partial charge in [0.2, 0.25) is 5.91 Å². The third-order valence-electron chi connectivity index (χ3n) is 4.50. The van der Waals surface area contributed by atoms with Crippen LogP contribution in [-0.2, 0) is 4.79 Å². The molecule has 2 aromatic rings. The topological polar surface area (TPSA) is 77.5 Å². The van der Waals surface area contributed by atoms with E-state index in [1.165, 1.54) is 0 Å². The molecule has 0 spiro atoms. The molecule has 3 heterocycles. The van der Waals surface area contributed by atoms with E-state index in [1.807, 2.05) is 37.4 Å². The first-order valence-electron chi connectivity index (χ1n) is 7.72. The number of hydrogen-bond donors (Lipinski definition) is 3. The number of aliphatic hydroxyl groups excluding tert-OH is 1. The Labute approximate surface area is 134 Å². The smallest absolute Gasteiger partial charge is 0.234 e. The largest absolute Gasteiger partial charge is 0.395 e. The lowest BCUT2D eigenvalue weighted by Gasteiger charge is -2.16. The summed E-state index contributed by atoms with van der Waals surface area (Å²) < 4.78 is 0. The number of β-amino-alcohol motifs (C(OH)–C–C–N with tert-alkyl or cyclic N) is 1. The Morgan fingerprint density at radius 2 is 2.09 bits per heavy atom. The number of aliphatic hydroxyl groups is 1.